The van der Waals surface area contributed by atoms with Crippen molar-refractivity contribution in [1.82, 2.24) is 0 Å². The van der Waals surface area contributed by atoms with Crippen molar-refractivity contribution in [2.75, 3.05) is 24.7 Å². The highest BCUT2D eigenvalue weighted by Crippen LogP contribution is 2.55. The van der Waals surface area contributed by atoms with E-state index in [-0.39, 0.29) is 19.1 Å². The fourth-order valence-corrected chi connectivity index (χ4v) is 4.75. The maximum Gasteiger partial charge on any atom is 0.246 e. The molecule has 1 atom stereocenters. The van der Waals surface area contributed by atoms with Crippen LogP contribution >= 0.6 is 0 Å². The van der Waals surface area contributed by atoms with Gasteiger partial charge in [0.05, 0.1) is 6.54 Å². The first-order valence-electron chi connectivity index (χ1n) is 10.00. The first-order valence-corrected chi connectivity index (χ1v) is 10.00. The number of ether oxygens (including phenoxy) is 3. The first-order chi connectivity index (χ1) is 15.1. The van der Waals surface area contributed by atoms with Crippen LogP contribution in [0, 0.1) is 11.6 Å². The number of carbonyl (C=O) groups excluding carboxylic acids is 1. The summed E-state index contributed by atoms with van der Waals surface area (Å²) in [5.41, 5.74) is 1.53. The summed E-state index contributed by atoms with van der Waals surface area (Å²) in [6.45, 7) is 1.07. The molecule has 156 valence electrons. The summed E-state index contributed by atoms with van der Waals surface area (Å²) in [6.07, 6.45) is 0. The van der Waals surface area contributed by atoms with E-state index in [0.717, 1.165) is 11.6 Å². The number of benzene rings is 3. The first kappa shape index (κ1) is 18.2. The SMILES string of the molecule is O=C1N(Cc2cc(F)cc(F)c2)c2ccccc2C12COc1cc3c(cc12)OCCO3. The van der Waals surface area contributed by atoms with Crippen molar-refractivity contribution in [3.8, 4) is 17.2 Å². The largest absolute Gasteiger partial charge is 0.491 e. The third-order valence-corrected chi connectivity index (χ3v) is 6.08. The lowest BCUT2D eigenvalue weighted by Gasteiger charge is -2.24. The van der Waals surface area contributed by atoms with Crippen LogP contribution < -0.4 is 19.1 Å². The van der Waals surface area contributed by atoms with Gasteiger partial charge in [-0.15, -0.1) is 0 Å². The van der Waals surface area contributed by atoms with Gasteiger partial charge < -0.3 is 19.1 Å². The minimum atomic E-state index is -1.05. The predicted molar refractivity (Wildman–Crippen MR) is 108 cm³/mol. The molecular formula is C24H17F2NO4. The Morgan fingerprint density at radius 1 is 0.839 bits per heavy atom. The Bertz CT molecular complexity index is 1220. The molecule has 1 spiro atoms. The van der Waals surface area contributed by atoms with Gasteiger partial charge in [-0.05, 0) is 35.4 Å². The van der Waals surface area contributed by atoms with E-state index in [1.165, 1.54) is 12.1 Å². The molecule has 1 amide bonds. The highest BCUT2D eigenvalue weighted by atomic mass is 19.1. The van der Waals surface area contributed by atoms with Gasteiger partial charge in [-0.25, -0.2) is 8.78 Å². The Labute approximate surface area is 176 Å². The lowest BCUT2D eigenvalue weighted by Crippen LogP contribution is -2.42. The average molecular weight is 421 g/mol. The number of hydrogen-bond acceptors (Lipinski definition) is 4. The Morgan fingerprint density at radius 2 is 1.55 bits per heavy atom. The number of halogens is 2. The van der Waals surface area contributed by atoms with Crippen molar-refractivity contribution in [3.05, 3.63) is 82.9 Å². The number of rotatable bonds is 2. The van der Waals surface area contributed by atoms with Gasteiger partial charge in [0.2, 0.25) is 5.91 Å². The van der Waals surface area contributed by atoms with E-state index in [0.29, 0.717) is 47.3 Å². The Hall–Kier alpha value is -3.61. The Balaban J connectivity index is 1.49. The number of anilines is 1. The molecular weight excluding hydrogens is 404 g/mol. The summed E-state index contributed by atoms with van der Waals surface area (Å²) in [7, 11) is 0. The standard InChI is InChI=1S/C24H17F2NO4/c25-15-7-14(8-16(26)9-15)12-27-19-4-2-1-3-17(19)24(23(27)28)13-31-20-11-22-21(10-18(20)24)29-5-6-30-22/h1-4,7-11H,5-6,12-13H2. The minimum absolute atomic E-state index is 0.0478. The van der Waals surface area contributed by atoms with Crippen LogP contribution in [0.4, 0.5) is 14.5 Å². The molecule has 0 bridgehead atoms. The average Bonchev–Trinajstić information content (AvgIpc) is 3.24. The molecule has 7 heteroatoms. The van der Waals surface area contributed by atoms with Gasteiger partial charge in [0.25, 0.3) is 0 Å². The van der Waals surface area contributed by atoms with Gasteiger partial charge in [-0.3, -0.25) is 4.79 Å². The van der Waals surface area contributed by atoms with E-state index < -0.39 is 17.0 Å². The minimum Gasteiger partial charge on any atom is -0.491 e. The van der Waals surface area contributed by atoms with Crippen LogP contribution in [-0.2, 0) is 16.8 Å². The highest BCUT2D eigenvalue weighted by Gasteiger charge is 2.57. The van der Waals surface area contributed by atoms with Crippen LogP contribution in [-0.4, -0.2) is 25.7 Å². The molecule has 0 saturated heterocycles. The Morgan fingerprint density at radius 3 is 2.32 bits per heavy atom. The van der Waals surface area contributed by atoms with Gasteiger partial charge in [0.15, 0.2) is 11.5 Å². The molecule has 0 radical (unpaired) electrons. The normalized spacial score (nSPS) is 20.6. The van der Waals surface area contributed by atoms with Crippen molar-refractivity contribution in [2.45, 2.75) is 12.0 Å². The molecule has 31 heavy (non-hydrogen) atoms. The third-order valence-electron chi connectivity index (χ3n) is 6.08. The zero-order chi connectivity index (χ0) is 21.2. The lowest BCUT2D eigenvalue weighted by molar-refractivity contribution is -0.122. The molecule has 3 aromatic rings. The summed E-state index contributed by atoms with van der Waals surface area (Å²) < 4.78 is 44.9. The third kappa shape index (κ3) is 2.55. The Kier molecular flexibility index (Phi) is 3.78. The monoisotopic (exact) mass is 421 g/mol. The van der Waals surface area contributed by atoms with Crippen LogP contribution in [0.5, 0.6) is 17.2 Å². The summed E-state index contributed by atoms with van der Waals surface area (Å²) in [6, 6.07) is 14.3. The quantitative estimate of drug-likeness (QED) is 0.629. The van der Waals surface area contributed by atoms with E-state index in [9.17, 15) is 13.6 Å². The van der Waals surface area contributed by atoms with E-state index in [1.54, 1.807) is 11.0 Å². The molecule has 0 aromatic heterocycles. The molecule has 3 aromatic carbocycles. The molecule has 6 rings (SSSR count). The maximum atomic E-state index is 13.9. The summed E-state index contributed by atoms with van der Waals surface area (Å²) >= 11 is 0. The second-order valence-corrected chi connectivity index (χ2v) is 7.87. The van der Waals surface area contributed by atoms with Crippen LogP contribution in [0.15, 0.2) is 54.6 Å². The topological polar surface area (TPSA) is 48.0 Å². The number of para-hydroxylation sites is 1. The molecule has 3 heterocycles. The highest BCUT2D eigenvalue weighted by molar-refractivity contribution is 6.11. The zero-order valence-electron chi connectivity index (χ0n) is 16.4. The van der Waals surface area contributed by atoms with E-state index in [2.05, 4.69) is 0 Å². The summed E-state index contributed by atoms with van der Waals surface area (Å²) in [5.74, 6) is 0.185. The van der Waals surface area contributed by atoms with Gasteiger partial charge in [0, 0.05) is 23.4 Å². The zero-order valence-corrected chi connectivity index (χ0v) is 16.4. The van der Waals surface area contributed by atoms with Crippen molar-refractivity contribution in [3.63, 3.8) is 0 Å². The van der Waals surface area contributed by atoms with Crippen LogP contribution in [0.1, 0.15) is 16.7 Å². The van der Waals surface area contributed by atoms with E-state index >= 15 is 0 Å². The van der Waals surface area contributed by atoms with Gasteiger partial charge in [-0.2, -0.15) is 0 Å². The maximum absolute atomic E-state index is 13.9. The van der Waals surface area contributed by atoms with Crippen LogP contribution in [0.3, 0.4) is 0 Å². The molecule has 1 unspecified atom stereocenters. The van der Waals surface area contributed by atoms with Gasteiger partial charge >= 0.3 is 0 Å². The van der Waals surface area contributed by atoms with Crippen molar-refractivity contribution >= 4 is 11.6 Å². The fourth-order valence-electron chi connectivity index (χ4n) is 4.75. The molecule has 0 saturated carbocycles. The van der Waals surface area contributed by atoms with E-state index in [4.69, 9.17) is 14.2 Å². The fraction of sp³-hybridized carbons (Fsp3) is 0.208. The van der Waals surface area contributed by atoms with Gasteiger partial charge in [0.1, 0.15) is 42.6 Å². The number of nitrogens with zero attached hydrogens (tertiary/aromatic N) is 1. The van der Waals surface area contributed by atoms with Crippen LogP contribution in [0.2, 0.25) is 0 Å². The van der Waals surface area contributed by atoms with E-state index in [1.807, 2.05) is 30.3 Å². The number of carbonyl (C=O) groups is 1. The number of fused-ring (bicyclic) bond motifs is 5. The van der Waals surface area contributed by atoms with Crippen LogP contribution in [0.25, 0.3) is 0 Å². The second kappa shape index (κ2) is 6.44. The molecule has 3 aliphatic heterocycles. The number of amides is 1. The summed E-state index contributed by atoms with van der Waals surface area (Å²) in [4.78, 5) is 15.4. The van der Waals surface area contributed by atoms with Crippen molar-refractivity contribution < 1.29 is 27.8 Å². The molecule has 0 aliphatic carbocycles. The lowest BCUT2D eigenvalue weighted by atomic mass is 9.77. The van der Waals surface area contributed by atoms with Crippen molar-refractivity contribution in [1.29, 1.82) is 0 Å². The van der Waals surface area contributed by atoms with Gasteiger partial charge in [-0.1, -0.05) is 18.2 Å². The molecule has 0 N–H and O–H groups in total. The summed E-state index contributed by atoms with van der Waals surface area (Å²) in [5, 5.41) is 0. The smallest absolute Gasteiger partial charge is 0.246 e. The molecule has 5 nitrogen and oxygen atoms in total. The predicted octanol–water partition coefficient (Wildman–Crippen LogP) is 3.96. The molecule has 0 fully saturated rings. The number of hydrogen-bond donors (Lipinski definition) is 0. The second-order valence-electron chi connectivity index (χ2n) is 7.87. The molecule has 3 aliphatic rings. The van der Waals surface area contributed by atoms with Crippen molar-refractivity contribution in [2.24, 2.45) is 0 Å².